The van der Waals surface area contributed by atoms with E-state index in [1.807, 2.05) is 6.92 Å². The second-order valence-corrected chi connectivity index (χ2v) is 8.87. The van der Waals surface area contributed by atoms with Crippen molar-refractivity contribution >= 4 is 33.0 Å². The van der Waals surface area contributed by atoms with Crippen LogP contribution in [0, 0.1) is 0 Å². The third-order valence-electron chi connectivity index (χ3n) is 3.43. The molecule has 0 radical (unpaired) electrons. The molecule has 6 nitrogen and oxygen atoms in total. The number of amides is 1. The van der Waals surface area contributed by atoms with Crippen molar-refractivity contribution in [3.63, 3.8) is 0 Å². The minimum absolute atomic E-state index is 0.00782. The highest BCUT2D eigenvalue weighted by molar-refractivity contribution is 7.94. The predicted molar refractivity (Wildman–Crippen MR) is 99.9 cm³/mol. The van der Waals surface area contributed by atoms with E-state index in [0.717, 1.165) is 23.5 Å². The molecule has 0 spiro atoms. The van der Waals surface area contributed by atoms with Crippen LogP contribution in [0.2, 0.25) is 0 Å². The molecule has 0 aliphatic rings. The van der Waals surface area contributed by atoms with Gasteiger partial charge >= 0.3 is 6.18 Å². The number of thiophene rings is 1. The number of benzene rings is 1. The van der Waals surface area contributed by atoms with Crippen LogP contribution < -0.4 is 14.8 Å². The molecule has 0 unspecified atom stereocenters. The van der Waals surface area contributed by atoms with Gasteiger partial charge in [-0.15, -0.1) is 11.3 Å². The molecule has 0 aliphatic heterocycles. The van der Waals surface area contributed by atoms with Gasteiger partial charge in [0.1, 0.15) is 9.96 Å². The van der Waals surface area contributed by atoms with Crippen LogP contribution in [0.5, 0.6) is 5.75 Å². The Kier molecular flexibility index (Phi) is 6.94. The normalized spacial score (nSPS) is 11.9. The van der Waals surface area contributed by atoms with Crippen molar-refractivity contribution in [1.82, 2.24) is 5.32 Å². The van der Waals surface area contributed by atoms with E-state index in [-0.39, 0.29) is 34.7 Å². The number of carbonyl (C=O) groups is 1. The van der Waals surface area contributed by atoms with Crippen LogP contribution in [0.25, 0.3) is 0 Å². The van der Waals surface area contributed by atoms with Crippen LogP contribution in [-0.2, 0) is 27.5 Å². The van der Waals surface area contributed by atoms with Gasteiger partial charge in [-0.05, 0) is 36.8 Å². The van der Waals surface area contributed by atoms with E-state index in [4.69, 9.17) is 4.74 Å². The van der Waals surface area contributed by atoms with Crippen molar-refractivity contribution in [3.05, 3.63) is 40.8 Å². The highest BCUT2D eigenvalue weighted by Crippen LogP contribution is 2.36. The fourth-order valence-electron chi connectivity index (χ4n) is 2.13. The lowest BCUT2D eigenvalue weighted by atomic mass is 10.2. The summed E-state index contributed by atoms with van der Waals surface area (Å²) in [6.45, 7) is 3.53. The molecule has 0 aliphatic carbocycles. The summed E-state index contributed by atoms with van der Waals surface area (Å²) in [5.41, 5.74) is -1.29. The SMILES string of the molecule is CCCOc1ccc(C(F)(F)F)cc1NS(=O)(=O)c1ccc(CNC(C)=O)s1. The molecular weight excluding hydrogens is 417 g/mol. The van der Waals surface area contributed by atoms with Gasteiger partial charge in [-0.25, -0.2) is 8.42 Å². The van der Waals surface area contributed by atoms with Gasteiger partial charge in [-0.2, -0.15) is 13.2 Å². The molecule has 154 valence electrons. The zero-order chi connectivity index (χ0) is 20.9. The predicted octanol–water partition coefficient (Wildman–Crippen LogP) is 3.99. The lowest BCUT2D eigenvalue weighted by molar-refractivity contribution is -0.137. The molecule has 28 heavy (non-hydrogen) atoms. The fraction of sp³-hybridized carbons (Fsp3) is 0.353. The number of nitrogens with one attached hydrogen (secondary N) is 2. The molecule has 0 bridgehead atoms. The first-order valence-electron chi connectivity index (χ1n) is 8.23. The van der Waals surface area contributed by atoms with E-state index < -0.39 is 21.8 Å². The Balaban J connectivity index is 2.32. The van der Waals surface area contributed by atoms with E-state index >= 15 is 0 Å². The molecule has 2 N–H and O–H groups in total. The van der Waals surface area contributed by atoms with Crippen molar-refractivity contribution in [1.29, 1.82) is 0 Å². The summed E-state index contributed by atoms with van der Waals surface area (Å²) in [6.07, 6.45) is -4.03. The Bertz CT molecular complexity index is 940. The Hall–Kier alpha value is -2.27. The molecule has 2 rings (SSSR count). The number of hydrogen-bond acceptors (Lipinski definition) is 5. The van der Waals surface area contributed by atoms with Gasteiger partial charge in [0.05, 0.1) is 24.4 Å². The van der Waals surface area contributed by atoms with E-state index in [1.165, 1.54) is 19.1 Å². The van der Waals surface area contributed by atoms with Gasteiger partial charge in [0.15, 0.2) is 0 Å². The van der Waals surface area contributed by atoms with Gasteiger partial charge in [0.2, 0.25) is 5.91 Å². The largest absolute Gasteiger partial charge is 0.491 e. The highest BCUT2D eigenvalue weighted by Gasteiger charge is 2.32. The van der Waals surface area contributed by atoms with Gasteiger partial charge in [-0.1, -0.05) is 6.92 Å². The van der Waals surface area contributed by atoms with Gasteiger partial charge in [0, 0.05) is 11.8 Å². The Labute approximate surface area is 164 Å². The first-order valence-corrected chi connectivity index (χ1v) is 10.5. The van der Waals surface area contributed by atoms with Crippen molar-refractivity contribution in [2.45, 2.75) is 37.2 Å². The van der Waals surface area contributed by atoms with Crippen LogP contribution in [0.15, 0.2) is 34.5 Å². The monoisotopic (exact) mass is 436 g/mol. The molecule has 11 heteroatoms. The summed E-state index contributed by atoms with van der Waals surface area (Å²) in [5.74, 6) is -0.258. The zero-order valence-electron chi connectivity index (χ0n) is 15.1. The number of halogens is 3. The number of rotatable bonds is 8. The first kappa shape index (κ1) is 22.0. The Morgan fingerprint density at radius 2 is 1.93 bits per heavy atom. The van der Waals surface area contributed by atoms with Gasteiger partial charge in [0.25, 0.3) is 10.0 Å². The van der Waals surface area contributed by atoms with Crippen molar-refractivity contribution in [3.8, 4) is 5.75 Å². The van der Waals surface area contributed by atoms with Gasteiger partial charge < -0.3 is 10.1 Å². The Morgan fingerprint density at radius 3 is 2.54 bits per heavy atom. The molecule has 1 heterocycles. The fourth-order valence-corrected chi connectivity index (χ4v) is 4.48. The molecule has 0 atom stereocenters. The second-order valence-electron chi connectivity index (χ2n) is 5.79. The number of alkyl halides is 3. The summed E-state index contributed by atoms with van der Waals surface area (Å²) < 4.78 is 71.7. The molecule has 1 amide bonds. The molecule has 1 aromatic heterocycles. The lowest BCUT2D eigenvalue weighted by Gasteiger charge is -2.15. The highest BCUT2D eigenvalue weighted by atomic mass is 32.2. The number of anilines is 1. The number of carbonyl (C=O) groups excluding carboxylic acids is 1. The van der Waals surface area contributed by atoms with Crippen LogP contribution in [0.3, 0.4) is 0 Å². The molecule has 1 aromatic carbocycles. The van der Waals surface area contributed by atoms with Crippen molar-refractivity contribution in [2.75, 3.05) is 11.3 Å². The van der Waals surface area contributed by atoms with Crippen molar-refractivity contribution < 1.29 is 31.1 Å². The smallest absolute Gasteiger partial charge is 0.416 e. The summed E-state index contributed by atoms with van der Waals surface area (Å²) in [7, 11) is -4.13. The Morgan fingerprint density at radius 1 is 1.21 bits per heavy atom. The molecular formula is C17H19F3N2O4S2. The van der Waals surface area contributed by atoms with Gasteiger partial charge in [-0.3, -0.25) is 9.52 Å². The molecule has 0 fully saturated rings. The standard InChI is InChI=1S/C17H19F3N2O4S2/c1-3-8-26-15-6-4-12(17(18,19)20)9-14(15)22-28(24,25)16-7-5-13(27-16)10-21-11(2)23/h4-7,9,22H,3,8,10H2,1-2H3,(H,21,23). The van der Waals surface area contributed by atoms with E-state index in [1.54, 1.807) is 0 Å². The third kappa shape index (κ3) is 5.86. The quantitative estimate of drug-likeness (QED) is 0.655. The van der Waals surface area contributed by atoms with Crippen LogP contribution >= 0.6 is 11.3 Å². The number of ether oxygens (including phenoxy) is 1. The van der Waals surface area contributed by atoms with Crippen LogP contribution in [0.1, 0.15) is 30.7 Å². The third-order valence-corrected chi connectivity index (χ3v) is 6.37. The van der Waals surface area contributed by atoms with E-state index in [2.05, 4.69) is 10.0 Å². The lowest BCUT2D eigenvalue weighted by Crippen LogP contribution is -2.18. The zero-order valence-corrected chi connectivity index (χ0v) is 16.7. The average Bonchev–Trinajstić information content (AvgIpc) is 3.07. The maximum Gasteiger partial charge on any atom is 0.416 e. The molecule has 2 aromatic rings. The van der Waals surface area contributed by atoms with E-state index in [9.17, 15) is 26.4 Å². The van der Waals surface area contributed by atoms with E-state index in [0.29, 0.717) is 17.4 Å². The van der Waals surface area contributed by atoms with Crippen LogP contribution in [-0.4, -0.2) is 20.9 Å². The molecule has 0 saturated carbocycles. The minimum Gasteiger partial charge on any atom is -0.491 e. The van der Waals surface area contributed by atoms with Crippen LogP contribution in [0.4, 0.5) is 18.9 Å². The maximum absolute atomic E-state index is 13.0. The average molecular weight is 436 g/mol. The molecule has 0 saturated heterocycles. The number of sulfonamides is 1. The first-order chi connectivity index (χ1) is 13.0. The number of hydrogen-bond donors (Lipinski definition) is 2. The minimum atomic E-state index is -4.63. The maximum atomic E-state index is 13.0. The summed E-state index contributed by atoms with van der Waals surface area (Å²) in [5, 5.41) is 2.54. The summed E-state index contributed by atoms with van der Waals surface area (Å²) in [4.78, 5) is 11.5. The topological polar surface area (TPSA) is 84.5 Å². The summed E-state index contributed by atoms with van der Waals surface area (Å²) >= 11 is 0.906. The second kappa shape index (κ2) is 8.82. The van der Waals surface area contributed by atoms with Crippen molar-refractivity contribution in [2.24, 2.45) is 0 Å². The summed E-state index contributed by atoms with van der Waals surface area (Å²) in [6, 6.07) is 5.47.